The van der Waals surface area contributed by atoms with E-state index in [0.717, 1.165) is 11.1 Å². The van der Waals surface area contributed by atoms with Gasteiger partial charge in [0.25, 0.3) is 5.69 Å². The third-order valence-corrected chi connectivity index (χ3v) is 7.54. The van der Waals surface area contributed by atoms with Crippen molar-refractivity contribution >= 4 is 33.6 Å². The second-order valence-electron chi connectivity index (χ2n) is 9.07. The summed E-state index contributed by atoms with van der Waals surface area (Å²) in [5.41, 5.74) is 2.62. The third-order valence-electron chi connectivity index (χ3n) is 6.27. The second-order valence-corrected chi connectivity index (χ2v) is 11.1. The number of rotatable bonds is 8. The Morgan fingerprint density at radius 3 is 2.58 bits per heavy atom. The van der Waals surface area contributed by atoms with Crippen molar-refractivity contribution in [3.05, 3.63) is 69.8 Å². The highest BCUT2D eigenvalue weighted by Gasteiger charge is 2.29. The fourth-order valence-electron chi connectivity index (χ4n) is 4.34. The number of hydrogen-bond donors (Lipinski definition) is 1. The molecule has 2 aromatic carbocycles. The van der Waals surface area contributed by atoms with E-state index in [1.165, 1.54) is 24.0 Å². The van der Waals surface area contributed by atoms with Crippen molar-refractivity contribution in [2.45, 2.75) is 39.5 Å². The molecule has 10 heteroatoms. The van der Waals surface area contributed by atoms with Gasteiger partial charge in [-0.3, -0.25) is 24.4 Å². The highest BCUT2D eigenvalue weighted by molar-refractivity contribution is 7.90. The molecule has 0 aliphatic carbocycles. The first-order valence-electron chi connectivity index (χ1n) is 11.9. The van der Waals surface area contributed by atoms with E-state index in [4.69, 9.17) is 0 Å². The number of hydrogen-bond acceptors (Lipinski definition) is 6. The third kappa shape index (κ3) is 6.37. The molecule has 9 nitrogen and oxygen atoms in total. The zero-order valence-electron chi connectivity index (χ0n) is 20.6. The average molecular weight is 514 g/mol. The molecule has 2 amide bonds. The summed E-state index contributed by atoms with van der Waals surface area (Å²) in [4.78, 5) is 38.3. The molecule has 0 spiro atoms. The van der Waals surface area contributed by atoms with Crippen molar-refractivity contribution in [2.75, 3.05) is 18.8 Å². The van der Waals surface area contributed by atoms with E-state index in [0.29, 0.717) is 30.5 Å². The molecule has 0 bridgehead atoms. The summed E-state index contributed by atoms with van der Waals surface area (Å²) in [7, 11) is -3.68. The normalized spacial score (nSPS) is 16.3. The van der Waals surface area contributed by atoms with E-state index in [-0.39, 0.29) is 29.8 Å². The van der Waals surface area contributed by atoms with Gasteiger partial charge in [0.15, 0.2) is 0 Å². The maximum Gasteiger partial charge on any atom is 0.277 e. The smallest absolute Gasteiger partial charge is 0.277 e. The van der Waals surface area contributed by atoms with E-state index in [9.17, 15) is 28.1 Å². The van der Waals surface area contributed by atoms with Crippen LogP contribution in [0.25, 0.3) is 17.2 Å². The van der Waals surface area contributed by atoms with Gasteiger partial charge in [-0.25, -0.2) is 8.42 Å². The average Bonchev–Trinajstić information content (AvgIpc) is 2.86. The van der Waals surface area contributed by atoms with E-state index in [1.54, 1.807) is 18.2 Å². The van der Waals surface area contributed by atoms with Gasteiger partial charge in [0.2, 0.25) is 21.8 Å². The first-order chi connectivity index (χ1) is 17.0. The molecular formula is C26H31N3O6S. The molecule has 1 heterocycles. The molecule has 1 aliphatic heterocycles. The predicted molar refractivity (Wildman–Crippen MR) is 139 cm³/mol. The van der Waals surface area contributed by atoms with Crippen LogP contribution < -0.4 is 4.72 Å². The standard InChI is InChI=1S/C26H31N3O6S/c1-4-36(34,35)27-26(31)20-10-8-16-28(17-20)24(30)15-14-19-9-7-13-23(29(32)33)25(19)22-12-6-5-11-21(22)18(2)3/h5-7,9,11-15,18,20H,4,8,10,16-17H2,1-3H3,(H,27,31)/b15-14+. The number of likely N-dealkylation sites (tertiary alicyclic amines) is 1. The number of carbonyl (C=O) groups excluding carboxylic acids is 2. The largest absolute Gasteiger partial charge is 0.338 e. The molecule has 1 N–H and O–H groups in total. The number of amides is 2. The Kier molecular flexibility index (Phi) is 8.62. The Balaban J connectivity index is 1.89. The van der Waals surface area contributed by atoms with Crippen LogP contribution in [0.4, 0.5) is 5.69 Å². The number of nitrogens with zero attached hydrogens (tertiary/aromatic N) is 2. The SMILES string of the molecule is CCS(=O)(=O)NC(=O)C1CCCN(C(=O)/C=C/c2cccc([N+](=O)[O-])c2-c2ccccc2C(C)C)C1. The van der Waals surface area contributed by atoms with Gasteiger partial charge >= 0.3 is 0 Å². The van der Waals surface area contributed by atoms with Crippen molar-refractivity contribution in [2.24, 2.45) is 5.92 Å². The molecule has 2 aromatic rings. The van der Waals surface area contributed by atoms with Crippen LogP contribution in [0.2, 0.25) is 0 Å². The number of benzene rings is 2. The summed E-state index contributed by atoms with van der Waals surface area (Å²) in [5.74, 6) is -1.65. The monoisotopic (exact) mass is 513 g/mol. The lowest BCUT2D eigenvalue weighted by Gasteiger charge is -2.31. The summed E-state index contributed by atoms with van der Waals surface area (Å²) in [6.07, 6.45) is 3.96. The van der Waals surface area contributed by atoms with Gasteiger partial charge in [-0.1, -0.05) is 50.2 Å². The minimum atomic E-state index is -3.68. The van der Waals surface area contributed by atoms with Gasteiger partial charge in [-0.05, 0) is 48.4 Å². The Labute approximate surface area is 211 Å². The molecule has 3 rings (SSSR count). The van der Waals surface area contributed by atoms with E-state index in [2.05, 4.69) is 4.72 Å². The molecule has 1 atom stereocenters. The minimum Gasteiger partial charge on any atom is -0.338 e. The van der Waals surface area contributed by atoms with Gasteiger partial charge in [-0.2, -0.15) is 0 Å². The molecule has 1 saturated heterocycles. The Bertz CT molecular complexity index is 1290. The molecule has 36 heavy (non-hydrogen) atoms. The first kappa shape index (κ1) is 27.1. The summed E-state index contributed by atoms with van der Waals surface area (Å²) in [6, 6.07) is 12.3. The van der Waals surface area contributed by atoms with Crippen LogP contribution >= 0.6 is 0 Å². The molecular weight excluding hydrogens is 482 g/mol. The van der Waals surface area contributed by atoms with Crippen molar-refractivity contribution in [1.29, 1.82) is 0 Å². The lowest BCUT2D eigenvalue weighted by atomic mass is 9.89. The zero-order valence-corrected chi connectivity index (χ0v) is 21.5. The topological polar surface area (TPSA) is 127 Å². The maximum absolute atomic E-state index is 13.0. The highest BCUT2D eigenvalue weighted by Crippen LogP contribution is 2.38. The highest BCUT2D eigenvalue weighted by atomic mass is 32.2. The molecule has 192 valence electrons. The van der Waals surface area contributed by atoms with Gasteiger partial charge in [0.05, 0.1) is 22.2 Å². The Morgan fingerprint density at radius 1 is 1.19 bits per heavy atom. The number of nitro benzene ring substituents is 1. The van der Waals surface area contributed by atoms with Gasteiger partial charge in [-0.15, -0.1) is 0 Å². The van der Waals surface area contributed by atoms with Crippen molar-refractivity contribution < 1.29 is 22.9 Å². The maximum atomic E-state index is 13.0. The number of nitro groups is 1. The van der Waals surface area contributed by atoms with E-state index in [1.807, 2.05) is 38.1 Å². The van der Waals surface area contributed by atoms with E-state index >= 15 is 0 Å². The zero-order chi connectivity index (χ0) is 26.5. The van der Waals surface area contributed by atoms with Crippen molar-refractivity contribution in [1.82, 2.24) is 9.62 Å². The van der Waals surface area contributed by atoms with Crippen molar-refractivity contribution in [3.8, 4) is 11.1 Å². The van der Waals surface area contributed by atoms with E-state index < -0.39 is 26.8 Å². The van der Waals surface area contributed by atoms with Gasteiger partial charge in [0.1, 0.15) is 0 Å². The molecule has 1 aliphatic rings. The molecule has 0 aromatic heterocycles. The second kappa shape index (κ2) is 11.5. The van der Waals surface area contributed by atoms with Crippen LogP contribution in [-0.2, 0) is 19.6 Å². The van der Waals surface area contributed by atoms with Gasteiger partial charge < -0.3 is 4.90 Å². The number of nitrogens with one attached hydrogen (secondary N) is 1. The van der Waals surface area contributed by atoms with Crippen LogP contribution in [0.15, 0.2) is 48.5 Å². The van der Waals surface area contributed by atoms with Gasteiger partial charge in [0, 0.05) is 25.2 Å². The summed E-state index contributed by atoms with van der Waals surface area (Å²) in [5, 5.41) is 11.9. The Morgan fingerprint density at radius 2 is 1.92 bits per heavy atom. The number of piperidine rings is 1. The fraction of sp³-hybridized carbons (Fsp3) is 0.385. The quantitative estimate of drug-likeness (QED) is 0.322. The van der Waals surface area contributed by atoms with Crippen molar-refractivity contribution in [3.63, 3.8) is 0 Å². The Hall–Kier alpha value is -3.53. The fourth-order valence-corrected chi connectivity index (χ4v) is 4.95. The lowest BCUT2D eigenvalue weighted by molar-refractivity contribution is -0.384. The van der Waals surface area contributed by atoms with Crippen LogP contribution in [0.3, 0.4) is 0 Å². The lowest BCUT2D eigenvalue weighted by Crippen LogP contribution is -2.46. The summed E-state index contributed by atoms with van der Waals surface area (Å²) < 4.78 is 25.6. The first-order valence-corrected chi connectivity index (χ1v) is 13.6. The molecule has 1 fully saturated rings. The summed E-state index contributed by atoms with van der Waals surface area (Å²) in [6.45, 7) is 6.01. The minimum absolute atomic E-state index is 0.0514. The molecule has 0 saturated carbocycles. The van der Waals surface area contributed by atoms with Crippen LogP contribution in [-0.4, -0.2) is 48.9 Å². The summed E-state index contributed by atoms with van der Waals surface area (Å²) >= 11 is 0. The van der Waals surface area contributed by atoms with Crippen LogP contribution in [0.1, 0.15) is 50.7 Å². The molecule has 0 radical (unpaired) electrons. The predicted octanol–water partition coefficient (Wildman–Crippen LogP) is 4.10. The van der Waals surface area contributed by atoms with Crippen LogP contribution in [0, 0.1) is 16.0 Å². The van der Waals surface area contributed by atoms with Crippen LogP contribution in [0.5, 0.6) is 0 Å². The number of sulfonamides is 1. The number of carbonyl (C=O) groups is 2. The molecule has 1 unspecified atom stereocenters.